The lowest BCUT2D eigenvalue weighted by atomic mass is 10.0. The number of carbonyl (C=O) groups is 2. The topological polar surface area (TPSA) is 67.9 Å². The van der Waals surface area contributed by atoms with E-state index >= 15 is 0 Å². The maximum absolute atomic E-state index is 12.7. The van der Waals surface area contributed by atoms with Gasteiger partial charge < -0.3 is 19.7 Å². The number of aryl methyl sites for hydroxylation is 2. The first kappa shape index (κ1) is 20.2. The third kappa shape index (κ3) is 6.02. The molecule has 0 spiro atoms. The first-order valence-electron chi connectivity index (χ1n) is 9.22. The van der Waals surface area contributed by atoms with Gasteiger partial charge in [0.15, 0.2) is 6.61 Å². The zero-order valence-electron chi connectivity index (χ0n) is 16.2. The Balaban J connectivity index is 1.92. The van der Waals surface area contributed by atoms with Crippen LogP contribution in [-0.4, -0.2) is 55.7 Å². The standard InChI is InChI=1S/C20H30N2O4/c1-14(2)11-18(20(24)22-7-9-25-10-8-22)21-19(23)13-26-17-6-5-15(3)16(4)12-17/h5-6,12,14,18H,7-11,13H2,1-4H3,(H,21,23)/t18-/m0/s1. The van der Waals surface area contributed by atoms with E-state index in [1.165, 1.54) is 5.56 Å². The maximum Gasteiger partial charge on any atom is 0.258 e. The second-order valence-corrected chi connectivity index (χ2v) is 7.22. The molecule has 1 atom stereocenters. The minimum atomic E-state index is -0.524. The number of hydrogen-bond donors (Lipinski definition) is 1. The summed E-state index contributed by atoms with van der Waals surface area (Å²) in [7, 11) is 0. The van der Waals surface area contributed by atoms with Crippen LogP contribution in [-0.2, 0) is 14.3 Å². The van der Waals surface area contributed by atoms with Crippen LogP contribution in [0.2, 0.25) is 0 Å². The fraction of sp³-hybridized carbons (Fsp3) is 0.600. The van der Waals surface area contributed by atoms with Gasteiger partial charge in [0.2, 0.25) is 5.91 Å². The van der Waals surface area contributed by atoms with Gasteiger partial charge in [-0.1, -0.05) is 19.9 Å². The number of carbonyl (C=O) groups excluding carboxylic acids is 2. The summed E-state index contributed by atoms with van der Waals surface area (Å²) < 4.78 is 10.9. The Morgan fingerprint density at radius 1 is 1.19 bits per heavy atom. The van der Waals surface area contributed by atoms with Crippen LogP contribution in [0.4, 0.5) is 0 Å². The second kappa shape index (κ2) is 9.57. The third-order valence-corrected chi connectivity index (χ3v) is 4.51. The molecule has 1 aliphatic rings. The maximum atomic E-state index is 12.7. The number of rotatable bonds is 7. The SMILES string of the molecule is Cc1ccc(OCC(=O)N[C@@H](CC(C)C)C(=O)N2CCOCC2)cc1C. The molecule has 1 heterocycles. The highest BCUT2D eigenvalue weighted by Crippen LogP contribution is 2.16. The molecule has 2 rings (SSSR count). The van der Waals surface area contributed by atoms with Crippen LogP contribution in [0, 0.1) is 19.8 Å². The molecular formula is C20H30N2O4. The van der Waals surface area contributed by atoms with Crippen molar-refractivity contribution in [1.82, 2.24) is 10.2 Å². The fourth-order valence-electron chi connectivity index (χ4n) is 2.89. The van der Waals surface area contributed by atoms with Crippen LogP contribution < -0.4 is 10.1 Å². The zero-order valence-corrected chi connectivity index (χ0v) is 16.2. The van der Waals surface area contributed by atoms with E-state index in [9.17, 15) is 9.59 Å². The molecule has 0 radical (unpaired) electrons. The Hall–Kier alpha value is -2.08. The summed E-state index contributed by atoms with van der Waals surface area (Å²) in [5.74, 6) is 0.631. The average molecular weight is 362 g/mol. The van der Waals surface area contributed by atoms with Crippen LogP contribution in [0.5, 0.6) is 5.75 Å². The molecule has 1 aliphatic heterocycles. The van der Waals surface area contributed by atoms with Gasteiger partial charge in [-0.15, -0.1) is 0 Å². The van der Waals surface area contributed by atoms with Crippen molar-refractivity contribution >= 4 is 11.8 Å². The molecule has 144 valence electrons. The second-order valence-electron chi connectivity index (χ2n) is 7.22. The first-order chi connectivity index (χ1) is 12.4. The summed E-state index contributed by atoms with van der Waals surface area (Å²) in [6, 6.07) is 5.20. The fourth-order valence-corrected chi connectivity index (χ4v) is 2.89. The van der Waals surface area contributed by atoms with Gasteiger partial charge in [0.25, 0.3) is 5.91 Å². The summed E-state index contributed by atoms with van der Waals surface area (Å²) in [4.78, 5) is 26.8. The van der Waals surface area contributed by atoms with E-state index in [0.717, 1.165) is 5.56 Å². The minimum absolute atomic E-state index is 0.0402. The number of nitrogens with one attached hydrogen (secondary N) is 1. The van der Waals surface area contributed by atoms with Crippen molar-refractivity contribution in [3.63, 3.8) is 0 Å². The molecular weight excluding hydrogens is 332 g/mol. The van der Waals surface area contributed by atoms with Crippen molar-refractivity contribution in [2.75, 3.05) is 32.9 Å². The Labute approximate surface area is 155 Å². The van der Waals surface area contributed by atoms with E-state index in [0.29, 0.717) is 44.4 Å². The number of ether oxygens (including phenoxy) is 2. The minimum Gasteiger partial charge on any atom is -0.484 e. The van der Waals surface area contributed by atoms with Gasteiger partial charge in [0.05, 0.1) is 13.2 Å². The van der Waals surface area contributed by atoms with Crippen molar-refractivity contribution in [2.45, 2.75) is 40.2 Å². The number of nitrogens with zero attached hydrogens (tertiary/aromatic N) is 1. The molecule has 6 heteroatoms. The predicted molar refractivity (Wildman–Crippen MR) is 100 cm³/mol. The number of hydrogen-bond acceptors (Lipinski definition) is 4. The van der Waals surface area contributed by atoms with E-state index in [1.54, 1.807) is 4.90 Å². The summed E-state index contributed by atoms with van der Waals surface area (Å²) in [5, 5.41) is 2.85. The lowest BCUT2D eigenvalue weighted by molar-refractivity contribution is -0.140. The first-order valence-corrected chi connectivity index (χ1v) is 9.22. The van der Waals surface area contributed by atoms with Crippen molar-refractivity contribution in [1.29, 1.82) is 0 Å². The van der Waals surface area contributed by atoms with Crippen LogP contribution in [0.25, 0.3) is 0 Å². The number of benzene rings is 1. The van der Waals surface area contributed by atoms with E-state index < -0.39 is 6.04 Å². The highest BCUT2D eigenvalue weighted by Gasteiger charge is 2.27. The molecule has 0 unspecified atom stereocenters. The Bertz CT molecular complexity index is 624. The smallest absolute Gasteiger partial charge is 0.258 e. The van der Waals surface area contributed by atoms with Gasteiger partial charge in [0, 0.05) is 13.1 Å². The highest BCUT2D eigenvalue weighted by atomic mass is 16.5. The normalized spacial score (nSPS) is 15.7. The highest BCUT2D eigenvalue weighted by molar-refractivity contribution is 5.88. The van der Waals surface area contributed by atoms with Gasteiger partial charge in [-0.2, -0.15) is 0 Å². The Kier molecular flexibility index (Phi) is 7.45. The molecule has 2 amide bonds. The van der Waals surface area contributed by atoms with Crippen LogP contribution in [0.3, 0.4) is 0 Å². The molecule has 1 N–H and O–H groups in total. The van der Waals surface area contributed by atoms with Crippen molar-refractivity contribution in [2.24, 2.45) is 5.92 Å². The quantitative estimate of drug-likeness (QED) is 0.806. The molecule has 6 nitrogen and oxygen atoms in total. The van der Waals surface area contributed by atoms with E-state index in [4.69, 9.17) is 9.47 Å². The zero-order chi connectivity index (χ0) is 19.1. The molecule has 0 aromatic heterocycles. The van der Waals surface area contributed by atoms with E-state index in [1.807, 2.05) is 45.9 Å². The summed E-state index contributed by atoms with van der Waals surface area (Å²) in [6.45, 7) is 10.2. The molecule has 26 heavy (non-hydrogen) atoms. The lowest BCUT2D eigenvalue weighted by Crippen LogP contribution is -2.52. The van der Waals surface area contributed by atoms with Gasteiger partial charge in [-0.3, -0.25) is 9.59 Å². The van der Waals surface area contributed by atoms with Gasteiger partial charge in [-0.25, -0.2) is 0 Å². The molecule has 0 saturated carbocycles. The summed E-state index contributed by atoms with van der Waals surface area (Å²) >= 11 is 0. The van der Waals surface area contributed by atoms with Gasteiger partial charge in [0.1, 0.15) is 11.8 Å². The monoisotopic (exact) mass is 362 g/mol. The number of morpholine rings is 1. The summed E-state index contributed by atoms with van der Waals surface area (Å²) in [5.41, 5.74) is 2.29. The molecule has 0 bridgehead atoms. The Morgan fingerprint density at radius 3 is 2.50 bits per heavy atom. The van der Waals surface area contributed by atoms with Crippen molar-refractivity contribution in [3.8, 4) is 5.75 Å². The average Bonchev–Trinajstić information content (AvgIpc) is 2.62. The molecule has 1 aromatic rings. The molecule has 1 saturated heterocycles. The van der Waals surface area contributed by atoms with E-state index in [2.05, 4.69) is 5.32 Å². The van der Waals surface area contributed by atoms with E-state index in [-0.39, 0.29) is 18.4 Å². The van der Waals surface area contributed by atoms with Crippen LogP contribution >= 0.6 is 0 Å². The summed E-state index contributed by atoms with van der Waals surface area (Å²) in [6.07, 6.45) is 0.603. The van der Waals surface area contributed by atoms with Gasteiger partial charge in [-0.05, 0) is 49.4 Å². The van der Waals surface area contributed by atoms with Crippen molar-refractivity contribution in [3.05, 3.63) is 29.3 Å². The third-order valence-electron chi connectivity index (χ3n) is 4.51. The molecule has 1 aromatic carbocycles. The predicted octanol–water partition coefficient (Wildman–Crippen LogP) is 2.07. The lowest BCUT2D eigenvalue weighted by Gasteiger charge is -2.31. The van der Waals surface area contributed by atoms with Crippen molar-refractivity contribution < 1.29 is 19.1 Å². The molecule has 0 aliphatic carbocycles. The number of amides is 2. The van der Waals surface area contributed by atoms with Crippen LogP contribution in [0.1, 0.15) is 31.4 Å². The molecule has 1 fully saturated rings. The van der Waals surface area contributed by atoms with Gasteiger partial charge >= 0.3 is 0 Å². The largest absolute Gasteiger partial charge is 0.484 e. The van der Waals surface area contributed by atoms with Crippen LogP contribution in [0.15, 0.2) is 18.2 Å². The Morgan fingerprint density at radius 2 is 1.88 bits per heavy atom.